The number of nitrogens with zero attached hydrogens (tertiary/aromatic N) is 2. The highest BCUT2D eigenvalue weighted by Gasteiger charge is 2.38. The van der Waals surface area contributed by atoms with Crippen LogP contribution in [0.15, 0.2) is 35.7 Å². The van der Waals surface area contributed by atoms with E-state index in [0.717, 1.165) is 11.4 Å². The van der Waals surface area contributed by atoms with Gasteiger partial charge in [-0.25, -0.2) is 0 Å². The number of para-hydroxylation sites is 1. The first-order valence-corrected chi connectivity index (χ1v) is 8.90. The molecule has 1 aromatic carbocycles. The van der Waals surface area contributed by atoms with Gasteiger partial charge in [-0.15, -0.1) is 11.3 Å². The van der Waals surface area contributed by atoms with Crippen LogP contribution in [0.1, 0.15) is 24.3 Å². The summed E-state index contributed by atoms with van der Waals surface area (Å²) in [6.45, 7) is 3.90. The summed E-state index contributed by atoms with van der Waals surface area (Å²) < 4.78 is 1.53. The molecule has 0 spiro atoms. The van der Waals surface area contributed by atoms with Crippen LogP contribution in [0, 0.1) is 3.95 Å². The maximum Gasteiger partial charge on any atom is 0.323 e. The summed E-state index contributed by atoms with van der Waals surface area (Å²) in [6, 6.07) is 8.19. The monoisotopic (exact) mass is 374 g/mol. The molecule has 3 rings (SSSR count). The van der Waals surface area contributed by atoms with Gasteiger partial charge in [0.05, 0.1) is 10.6 Å². The lowest BCUT2D eigenvalue weighted by Gasteiger charge is -2.21. The summed E-state index contributed by atoms with van der Waals surface area (Å²) in [5, 5.41) is 19.2. The molecule has 0 atom stereocenters. The molecule has 0 amide bonds. The van der Waals surface area contributed by atoms with Crippen molar-refractivity contribution >= 4 is 41.3 Å². The first kappa shape index (κ1) is 17.5. The fraction of sp³-hybridized carbons (Fsp3) is 0.278. The van der Waals surface area contributed by atoms with Crippen LogP contribution < -0.4 is 4.90 Å². The molecule has 0 saturated heterocycles. The fourth-order valence-electron chi connectivity index (χ4n) is 3.16. The van der Waals surface area contributed by atoms with E-state index in [1.54, 1.807) is 6.08 Å². The number of hydrogen-bond donors (Lipinski definition) is 2. The predicted molar refractivity (Wildman–Crippen MR) is 102 cm³/mol. The Bertz CT molecular complexity index is 978. The second kappa shape index (κ2) is 6.19. The van der Waals surface area contributed by atoms with Crippen LogP contribution >= 0.6 is 23.6 Å². The predicted octanol–water partition coefficient (Wildman–Crippen LogP) is 3.99. The lowest BCUT2D eigenvalue weighted by molar-refractivity contribution is -0.137. The van der Waals surface area contributed by atoms with E-state index >= 15 is 0 Å². The van der Waals surface area contributed by atoms with Gasteiger partial charge in [-0.05, 0) is 37.7 Å². The molecular weight excluding hydrogens is 356 g/mol. The standard InChI is InChI=1S/C18H18N2O3S2/c1-18(2)11-6-4-5-7-12(11)19(3)14(18)9-8-13-16(23)20(10-15(21)22)17(24)25-13/h4-8,23H,10H2,1-3H3,(H,21,22). The van der Waals surface area contributed by atoms with Gasteiger partial charge in [-0.2, -0.15) is 0 Å². The van der Waals surface area contributed by atoms with E-state index in [0.29, 0.717) is 8.83 Å². The van der Waals surface area contributed by atoms with Crippen molar-refractivity contribution in [2.75, 3.05) is 11.9 Å². The molecule has 0 saturated carbocycles. The van der Waals surface area contributed by atoms with E-state index in [1.165, 1.54) is 21.5 Å². The van der Waals surface area contributed by atoms with E-state index in [2.05, 4.69) is 36.6 Å². The van der Waals surface area contributed by atoms with Crippen molar-refractivity contribution in [3.05, 3.63) is 50.1 Å². The number of aromatic hydroxyl groups is 1. The molecule has 25 heavy (non-hydrogen) atoms. The Labute approximate surface area is 154 Å². The van der Waals surface area contributed by atoms with Crippen molar-refractivity contribution in [3.63, 3.8) is 0 Å². The van der Waals surface area contributed by atoms with Gasteiger partial charge < -0.3 is 15.1 Å². The van der Waals surface area contributed by atoms with Crippen LogP contribution in [0.2, 0.25) is 0 Å². The van der Waals surface area contributed by atoms with Gasteiger partial charge in [-0.1, -0.05) is 23.9 Å². The number of aromatic nitrogens is 1. The van der Waals surface area contributed by atoms with Crippen LogP contribution in [0.25, 0.3) is 6.08 Å². The zero-order valence-corrected chi connectivity index (χ0v) is 15.7. The first-order chi connectivity index (χ1) is 11.7. The van der Waals surface area contributed by atoms with Crippen LogP contribution in [0.5, 0.6) is 5.88 Å². The highest BCUT2D eigenvalue weighted by molar-refractivity contribution is 7.73. The van der Waals surface area contributed by atoms with Crippen molar-refractivity contribution < 1.29 is 15.0 Å². The number of likely N-dealkylation sites (N-methyl/N-ethyl adjacent to an activating group) is 1. The van der Waals surface area contributed by atoms with Crippen molar-refractivity contribution in [2.45, 2.75) is 25.8 Å². The average Bonchev–Trinajstić information content (AvgIpc) is 2.92. The van der Waals surface area contributed by atoms with Gasteiger partial charge in [-0.3, -0.25) is 9.36 Å². The second-order valence-electron chi connectivity index (χ2n) is 6.37. The third-order valence-corrected chi connectivity index (χ3v) is 5.78. The van der Waals surface area contributed by atoms with Crippen molar-refractivity contribution in [3.8, 4) is 5.88 Å². The quantitative estimate of drug-likeness (QED) is 0.628. The highest BCUT2D eigenvalue weighted by atomic mass is 32.1. The fourth-order valence-corrected chi connectivity index (χ4v) is 4.35. The Morgan fingerprint density at radius 1 is 1.40 bits per heavy atom. The summed E-state index contributed by atoms with van der Waals surface area (Å²) >= 11 is 6.31. The van der Waals surface area contributed by atoms with Crippen LogP contribution in [-0.4, -0.2) is 27.8 Å². The Balaban J connectivity index is 2.08. The second-order valence-corrected chi connectivity index (χ2v) is 8.05. The molecule has 7 heteroatoms. The molecule has 1 aromatic heterocycles. The van der Waals surface area contributed by atoms with Gasteiger partial charge in [0.25, 0.3) is 0 Å². The number of fused-ring (bicyclic) bond motifs is 1. The lowest BCUT2D eigenvalue weighted by Crippen LogP contribution is -2.22. The zero-order valence-electron chi connectivity index (χ0n) is 14.1. The number of allylic oxidation sites excluding steroid dienone is 1. The smallest absolute Gasteiger partial charge is 0.323 e. The number of rotatable bonds is 3. The molecular formula is C18H18N2O3S2. The van der Waals surface area contributed by atoms with E-state index in [1.807, 2.05) is 19.2 Å². The van der Waals surface area contributed by atoms with E-state index < -0.39 is 5.97 Å². The van der Waals surface area contributed by atoms with E-state index in [4.69, 9.17) is 17.3 Å². The number of hydrogen-bond acceptors (Lipinski definition) is 5. The highest BCUT2D eigenvalue weighted by Crippen LogP contribution is 2.46. The number of aliphatic carboxylic acids is 1. The third-order valence-electron chi connectivity index (χ3n) is 4.39. The maximum atomic E-state index is 10.9. The Morgan fingerprint density at radius 3 is 2.72 bits per heavy atom. The number of thiazole rings is 1. The third kappa shape index (κ3) is 2.91. The molecule has 0 unspecified atom stereocenters. The minimum absolute atomic E-state index is 0.138. The molecule has 2 N–H and O–H groups in total. The summed E-state index contributed by atoms with van der Waals surface area (Å²) in [5.41, 5.74) is 6.38. The normalized spacial score (nSPS) is 15.0. The van der Waals surface area contributed by atoms with Crippen LogP contribution in [0.4, 0.5) is 5.69 Å². The molecule has 0 aliphatic carbocycles. The SMILES string of the molecule is CN1C(=C=Cc2sc(=S)n(CC(=O)O)c2O)C(C)(C)c2ccccc21. The number of carboxylic acids is 1. The minimum Gasteiger partial charge on any atom is -0.493 e. The molecule has 5 nitrogen and oxygen atoms in total. The summed E-state index contributed by atoms with van der Waals surface area (Å²) in [4.78, 5) is 13.5. The summed E-state index contributed by atoms with van der Waals surface area (Å²) in [5.74, 6) is -1.19. The van der Waals surface area contributed by atoms with E-state index in [-0.39, 0.29) is 17.8 Å². The molecule has 1 aliphatic rings. The van der Waals surface area contributed by atoms with Gasteiger partial charge in [0.2, 0.25) is 5.88 Å². The van der Waals surface area contributed by atoms with E-state index in [9.17, 15) is 9.90 Å². The van der Waals surface area contributed by atoms with Crippen LogP contribution in [-0.2, 0) is 16.8 Å². The molecule has 0 radical (unpaired) electrons. The van der Waals surface area contributed by atoms with Gasteiger partial charge in [0, 0.05) is 24.2 Å². The number of carbonyl (C=O) groups is 1. The molecule has 2 heterocycles. The molecule has 0 fully saturated rings. The van der Waals surface area contributed by atoms with Gasteiger partial charge >= 0.3 is 5.97 Å². The zero-order chi connectivity index (χ0) is 18.4. The maximum absolute atomic E-state index is 10.9. The lowest BCUT2D eigenvalue weighted by atomic mass is 9.84. The topological polar surface area (TPSA) is 65.7 Å². The average molecular weight is 374 g/mol. The Hall–Kier alpha value is -2.34. The van der Waals surface area contributed by atoms with Crippen molar-refractivity contribution in [1.29, 1.82) is 0 Å². The number of carboxylic acid groups (broad SMARTS) is 1. The summed E-state index contributed by atoms with van der Waals surface area (Å²) in [7, 11) is 1.99. The Morgan fingerprint density at radius 2 is 2.08 bits per heavy atom. The van der Waals surface area contributed by atoms with Gasteiger partial charge in [0.15, 0.2) is 3.95 Å². The molecule has 130 valence electrons. The number of benzene rings is 1. The van der Waals surface area contributed by atoms with Crippen molar-refractivity contribution in [2.24, 2.45) is 0 Å². The largest absolute Gasteiger partial charge is 0.493 e. The molecule has 2 aromatic rings. The summed E-state index contributed by atoms with van der Waals surface area (Å²) in [6.07, 6.45) is 1.67. The number of anilines is 1. The Kier molecular flexibility index (Phi) is 4.33. The van der Waals surface area contributed by atoms with Crippen molar-refractivity contribution in [1.82, 2.24) is 4.57 Å². The molecule has 1 aliphatic heterocycles. The first-order valence-electron chi connectivity index (χ1n) is 7.68. The minimum atomic E-state index is -1.05. The molecule has 0 bridgehead atoms. The van der Waals surface area contributed by atoms with Crippen LogP contribution in [0.3, 0.4) is 0 Å². The van der Waals surface area contributed by atoms with Gasteiger partial charge in [0.1, 0.15) is 6.54 Å².